The molecule has 1 amide bonds. The molecule has 0 radical (unpaired) electrons. The fraction of sp³-hybridized carbons (Fsp3) is 0.227. The predicted molar refractivity (Wildman–Crippen MR) is 115 cm³/mol. The van der Waals surface area contributed by atoms with E-state index in [1.165, 1.54) is 0 Å². The highest BCUT2D eigenvalue weighted by Crippen LogP contribution is 2.22. The summed E-state index contributed by atoms with van der Waals surface area (Å²) < 4.78 is 0. The van der Waals surface area contributed by atoms with Crippen LogP contribution in [0.2, 0.25) is 0 Å². The number of carbonyl (C=O) groups is 1. The first kappa shape index (κ1) is 19.0. The zero-order valence-corrected chi connectivity index (χ0v) is 16.1. The average Bonchev–Trinajstić information content (AvgIpc) is 2.80. The molecule has 1 atom stereocenters. The number of aromatic nitrogens is 2. The second-order valence-corrected chi connectivity index (χ2v) is 6.96. The quantitative estimate of drug-likeness (QED) is 0.620. The number of amides is 1. The van der Waals surface area contributed by atoms with E-state index >= 15 is 0 Å². The van der Waals surface area contributed by atoms with Crippen LogP contribution in [0.25, 0.3) is 11.1 Å². The molecule has 4 rings (SSSR count). The average molecular weight is 388 g/mol. The second-order valence-electron chi connectivity index (χ2n) is 6.96. The van der Waals surface area contributed by atoms with Crippen molar-refractivity contribution < 1.29 is 4.79 Å². The van der Waals surface area contributed by atoms with E-state index in [1.807, 2.05) is 54.6 Å². The summed E-state index contributed by atoms with van der Waals surface area (Å²) >= 11 is 0. The Kier molecular flexibility index (Phi) is 5.79. The van der Waals surface area contributed by atoms with Gasteiger partial charge in [0.1, 0.15) is 6.04 Å². The lowest BCUT2D eigenvalue weighted by Crippen LogP contribution is -2.44. The maximum atomic E-state index is 12.5. The normalized spacial score (nSPS) is 15.0. The van der Waals surface area contributed by atoms with E-state index in [4.69, 9.17) is 5.73 Å². The van der Waals surface area contributed by atoms with Crippen LogP contribution in [0.5, 0.6) is 0 Å². The van der Waals surface area contributed by atoms with Crippen LogP contribution >= 0.6 is 0 Å². The molecule has 7 heteroatoms. The molecule has 0 spiro atoms. The minimum Gasteiger partial charge on any atom is -0.338 e. The predicted octanol–water partition coefficient (Wildman–Crippen LogP) is 2.19. The molecule has 4 N–H and O–H groups in total. The molecule has 1 saturated heterocycles. The molecule has 0 saturated carbocycles. The van der Waals surface area contributed by atoms with E-state index in [1.54, 1.807) is 12.4 Å². The molecule has 1 fully saturated rings. The highest BCUT2D eigenvalue weighted by atomic mass is 16.2. The van der Waals surface area contributed by atoms with Crippen molar-refractivity contribution in [2.45, 2.75) is 6.04 Å². The maximum Gasteiger partial charge on any atom is 0.245 e. The number of anilines is 2. The summed E-state index contributed by atoms with van der Waals surface area (Å²) in [6.07, 6.45) is 3.24. The van der Waals surface area contributed by atoms with Gasteiger partial charge in [0.15, 0.2) is 0 Å². The summed E-state index contributed by atoms with van der Waals surface area (Å²) in [7, 11) is 0. The van der Waals surface area contributed by atoms with Crippen molar-refractivity contribution in [3.8, 4) is 11.1 Å². The standard InChI is InChI=1S/C22H24N6O/c23-20(18-8-6-17(7-9-18)16-4-2-1-3-5-16)21(29)27-19-14-25-22(26-15-19)28-12-10-24-11-13-28/h1-9,14-15,20,24H,10-13,23H2,(H,27,29). The summed E-state index contributed by atoms with van der Waals surface area (Å²) in [5.74, 6) is 0.376. The van der Waals surface area contributed by atoms with Crippen LogP contribution in [0.1, 0.15) is 11.6 Å². The first-order valence-electron chi connectivity index (χ1n) is 9.70. The Hall–Kier alpha value is -3.29. The van der Waals surface area contributed by atoms with Crippen LogP contribution in [0, 0.1) is 0 Å². The molecular formula is C22H24N6O. The lowest BCUT2D eigenvalue weighted by molar-refractivity contribution is -0.117. The lowest BCUT2D eigenvalue weighted by Gasteiger charge is -2.27. The Bertz CT molecular complexity index is 937. The van der Waals surface area contributed by atoms with Gasteiger partial charge in [0.25, 0.3) is 0 Å². The highest BCUT2D eigenvalue weighted by Gasteiger charge is 2.17. The van der Waals surface area contributed by atoms with Crippen LogP contribution in [0.4, 0.5) is 11.6 Å². The largest absolute Gasteiger partial charge is 0.338 e. The van der Waals surface area contributed by atoms with E-state index < -0.39 is 6.04 Å². The number of nitrogens with one attached hydrogen (secondary N) is 2. The van der Waals surface area contributed by atoms with Gasteiger partial charge in [-0.25, -0.2) is 9.97 Å². The molecule has 148 valence electrons. The molecule has 1 unspecified atom stereocenters. The molecule has 1 aliphatic rings. The SMILES string of the molecule is NC(C(=O)Nc1cnc(N2CCNCC2)nc1)c1ccc(-c2ccccc2)cc1. The minimum atomic E-state index is -0.771. The number of benzene rings is 2. The van der Waals surface area contributed by atoms with Crippen molar-refractivity contribution in [1.29, 1.82) is 0 Å². The Balaban J connectivity index is 1.39. The summed E-state index contributed by atoms with van der Waals surface area (Å²) in [6.45, 7) is 3.57. The number of nitrogens with two attached hydrogens (primary N) is 1. The molecule has 1 aliphatic heterocycles. The minimum absolute atomic E-state index is 0.295. The van der Waals surface area contributed by atoms with E-state index in [0.717, 1.165) is 42.9 Å². The summed E-state index contributed by atoms with van der Waals surface area (Å²) in [5.41, 5.74) is 9.64. The Morgan fingerprint density at radius 1 is 0.966 bits per heavy atom. The van der Waals surface area contributed by atoms with Crippen LogP contribution < -0.4 is 21.3 Å². The Morgan fingerprint density at radius 3 is 2.24 bits per heavy atom. The molecule has 0 bridgehead atoms. The van der Waals surface area contributed by atoms with E-state index in [-0.39, 0.29) is 5.91 Å². The van der Waals surface area contributed by atoms with E-state index in [2.05, 4.69) is 25.5 Å². The Labute approximate surface area is 170 Å². The van der Waals surface area contributed by atoms with Gasteiger partial charge >= 0.3 is 0 Å². The van der Waals surface area contributed by atoms with Gasteiger partial charge < -0.3 is 21.3 Å². The van der Waals surface area contributed by atoms with Gasteiger partial charge in [-0.1, -0.05) is 54.6 Å². The van der Waals surface area contributed by atoms with Crippen molar-refractivity contribution in [2.75, 3.05) is 36.4 Å². The number of carbonyl (C=O) groups excluding carboxylic acids is 1. The molecule has 1 aromatic heterocycles. The van der Waals surface area contributed by atoms with Crippen LogP contribution in [-0.2, 0) is 4.79 Å². The molecule has 0 aliphatic carbocycles. The molecule has 29 heavy (non-hydrogen) atoms. The number of hydrogen-bond donors (Lipinski definition) is 3. The van der Waals surface area contributed by atoms with Crippen LogP contribution in [0.3, 0.4) is 0 Å². The van der Waals surface area contributed by atoms with Gasteiger partial charge in [0, 0.05) is 26.2 Å². The molecule has 3 aromatic rings. The van der Waals surface area contributed by atoms with Crippen molar-refractivity contribution in [2.24, 2.45) is 5.73 Å². The van der Waals surface area contributed by atoms with Crippen molar-refractivity contribution >= 4 is 17.5 Å². The first-order chi connectivity index (χ1) is 14.2. The first-order valence-corrected chi connectivity index (χ1v) is 9.70. The van der Waals surface area contributed by atoms with Crippen LogP contribution in [-0.4, -0.2) is 42.1 Å². The fourth-order valence-electron chi connectivity index (χ4n) is 3.30. The zero-order chi connectivity index (χ0) is 20.1. The Morgan fingerprint density at radius 2 is 1.59 bits per heavy atom. The third-order valence-corrected chi connectivity index (χ3v) is 4.96. The number of nitrogens with zero attached hydrogens (tertiary/aromatic N) is 3. The van der Waals surface area contributed by atoms with Gasteiger partial charge in [-0.2, -0.15) is 0 Å². The smallest absolute Gasteiger partial charge is 0.245 e. The number of hydrogen-bond acceptors (Lipinski definition) is 6. The van der Waals surface area contributed by atoms with Gasteiger partial charge in [0.2, 0.25) is 11.9 Å². The van der Waals surface area contributed by atoms with Gasteiger partial charge in [0.05, 0.1) is 18.1 Å². The summed E-state index contributed by atoms with van der Waals surface area (Å²) in [4.78, 5) is 23.4. The van der Waals surface area contributed by atoms with Crippen molar-refractivity contribution in [3.05, 3.63) is 72.6 Å². The maximum absolute atomic E-state index is 12.5. The van der Waals surface area contributed by atoms with Crippen LogP contribution in [0.15, 0.2) is 67.0 Å². The van der Waals surface area contributed by atoms with Gasteiger partial charge in [-0.15, -0.1) is 0 Å². The lowest BCUT2D eigenvalue weighted by atomic mass is 10.0. The van der Waals surface area contributed by atoms with Crippen molar-refractivity contribution in [1.82, 2.24) is 15.3 Å². The fourth-order valence-corrected chi connectivity index (χ4v) is 3.30. The topological polar surface area (TPSA) is 96.2 Å². The molecular weight excluding hydrogens is 364 g/mol. The summed E-state index contributed by atoms with van der Waals surface area (Å²) in [6, 6.07) is 17.0. The molecule has 2 heterocycles. The number of rotatable bonds is 5. The van der Waals surface area contributed by atoms with Crippen molar-refractivity contribution in [3.63, 3.8) is 0 Å². The van der Waals surface area contributed by atoms with Gasteiger partial charge in [-0.3, -0.25) is 4.79 Å². The monoisotopic (exact) mass is 388 g/mol. The van der Waals surface area contributed by atoms with E-state index in [9.17, 15) is 4.79 Å². The number of piperazine rings is 1. The van der Waals surface area contributed by atoms with Gasteiger partial charge in [-0.05, 0) is 16.7 Å². The van der Waals surface area contributed by atoms with E-state index in [0.29, 0.717) is 11.6 Å². The summed E-state index contributed by atoms with van der Waals surface area (Å²) in [5, 5.41) is 6.09. The highest BCUT2D eigenvalue weighted by molar-refractivity contribution is 5.95. The molecule has 7 nitrogen and oxygen atoms in total. The zero-order valence-electron chi connectivity index (χ0n) is 16.1. The third kappa shape index (κ3) is 4.59. The third-order valence-electron chi connectivity index (χ3n) is 4.96. The second kappa shape index (κ2) is 8.81. The molecule has 2 aromatic carbocycles.